The molecule has 1 atom stereocenters. The molecule has 0 radical (unpaired) electrons. The van der Waals surface area contributed by atoms with Gasteiger partial charge >= 0.3 is 6.09 Å². The molecule has 20 heavy (non-hydrogen) atoms. The predicted octanol–water partition coefficient (Wildman–Crippen LogP) is 3.57. The molecular formula is C16H23NO3. The Hall–Kier alpha value is -1.84. The van der Waals surface area contributed by atoms with Gasteiger partial charge in [0.1, 0.15) is 17.9 Å². The standard InChI is InChI=1S/C16H23NO3/c1-11(2)12-8-6-7-9-13(12)14(10-18)17-15(19)20-16(3,4)5/h6-11,14H,1-5H3,(H,17,19). The first-order valence-corrected chi connectivity index (χ1v) is 6.78. The largest absolute Gasteiger partial charge is 0.444 e. The Labute approximate surface area is 120 Å². The van der Waals surface area contributed by atoms with Crippen molar-refractivity contribution in [3.05, 3.63) is 35.4 Å². The van der Waals surface area contributed by atoms with Gasteiger partial charge in [0.25, 0.3) is 0 Å². The maximum absolute atomic E-state index is 11.8. The minimum Gasteiger partial charge on any atom is -0.444 e. The van der Waals surface area contributed by atoms with E-state index in [1.165, 1.54) is 0 Å². The van der Waals surface area contributed by atoms with Crippen molar-refractivity contribution in [2.45, 2.75) is 52.2 Å². The lowest BCUT2D eigenvalue weighted by atomic mass is 9.93. The fourth-order valence-corrected chi connectivity index (χ4v) is 1.94. The number of hydrogen-bond acceptors (Lipinski definition) is 3. The summed E-state index contributed by atoms with van der Waals surface area (Å²) in [5.74, 6) is 0.272. The van der Waals surface area contributed by atoms with Gasteiger partial charge in [-0.05, 0) is 37.8 Å². The predicted molar refractivity (Wildman–Crippen MR) is 78.7 cm³/mol. The van der Waals surface area contributed by atoms with Crippen molar-refractivity contribution in [3.63, 3.8) is 0 Å². The molecular weight excluding hydrogens is 254 g/mol. The molecule has 1 amide bonds. The van der Waals surface area contributed by atoms with Gasteiger partial charge in [-0.2, -0.15) is 0 Å². The first kappa shape index (κ1) is 16.2. The number of carbonyl (C=O) groups is 2. The Balaban J connectivity index is 2.92. The molecule has 4 heteroatoms. The van der Waals surface area contributed by atoms with E-state index in [1.54, 1.807) is 20.8 Å². The molecule has 0 aliphatic heterocycles. The summed E-state index contributed by atoms with van der Waals surface area (Å²) in [6.45, 7) is 9.45. The van der Waals surface area contributed by atoms with E-state index in [0.717, 1.165) is 17.4 Å². The van der Waals surface area contributed by atoms with Gasteiger partial charge in [0.05, 0.1) is 0 Å². The molecule has 0 fully saturated rings. The van der Waals surface area contributed by atoms with Crippen LogP contribution in [0.15, 0.2) is 24.3 Å². The zero-order valence-electron chi connectivity index (χ0n) is 12.8. The summed E-state index contributed by atoms with van der Waals surface area (Å²) in [5, 5.41) is 2.61. The molecule has 1 aromatic rings. The second-order valence-corrected chi connectivity index (χ2v) is 6.04. The highest BCUT2D eigenvalue weighted by Gasteiger charge is 2.22. The molecule has 0 aliphatic carbocycles. The number of carbonyl (C=O) groups excluding carboxylic acids is 2. The summed E-state index contributed by atoms with van der Waals surface area (Å²) in [4.78, 5) is 23.1. The van der Waals surface area contributed by atoms with Crippen LogP contribution in [0.4, 0.5) is 4.79 Å². The first-order valence-electron chi connectivity index (χ1n) is 6.78. The molecule has 4 nitrogen and oxygen atoms in total. The van der Waals surface area contributed by atoms with Crippen LogP contribution in [0.25, 0.3) is 0 Å². The third kappa shape index (κ3) is 4.68. The van der Waals surface area contributed by atoms with Crippen LogP contribution >= 0.6 is 0 Å². The first-order chi connectivity index (χ1) is 9.24. The minimum absolute atomic E-state index is 0.272. The van der Waals surface area contributed by atoms with E-state index in [-0.39, 0.29) is 5.92 Å². The smallest absolute Gasteiger partial charge is 0.408 e. The fraction of sp³-hybridized carbons (Fsp3) is 0.500. The molecule has 0 saturated heterocycles. The molecule has 0 bridgehead atoms. The lowest BCUT2D eigenvalue weighted by Crippen LogP contribution is -2.35. The van der Waals surface area contributed by atoms with Crippen LogP contribution in [0.3, 0.4) is 0 Å². The Morgan fingerprint density at radius 2 is 1.75 bits per heavy atom. The van der Waals surface area contributed by atoms with Crippen LogP contribution in [-0.4, -0.2) is 18.0 Å². The number of nitrogens with one attached hydrogen (secondary N) is 1. The average molecular weight is 277 g/mol. The van der Waals surface area contributed by atoms with Crippen molar-refractivity contribution < 1.29 is 14.3 Å². The average Bonchev–Trinajstić information content (AvgIpc) is 2.33. The summed E-state index contributed by atoms with van der Waals surface area (Å²) >= 11 is 0. The summed E-state index contributed by atoms with van der Waals surface area (Å²) in [5.41, 5.74) is 1.26. The monoisotopic (exact) mass is 277 g/mol. The van der Waals surface area contributed by atoms with Gasteiger partial charge in [0, 0.05) is 0 Å². The molecule has 0 spiro atoms. The van der Waals surface area contributed by atoms with Crippen LogP contribution in [0, 0.1) is 0 Å². The molecule has 0 aliphatic rings. The van der Waals surface area contributed by atoms with Crippen molar-refractivity contribution in [1.82, 2.24) is 5.32 Å². The molecule has 0 aromatic heterocycles. The van der Waals surface area contributed by atoms with Crippen LogP contribution in [0.1, 0.15) is 57.7 Å². The van der Waals surface area contributed by atoms with E-state index in [4.69, 9.17) is 4.74 Å². The SMILES string of the molecule is CC(C)c1ccccc1C(C=O)NC(=O)OC(C)(C)C. The van der Waals surface area contributed by atoms with Crippen molar-refractivity contribution in [2.24, 2.45) is 0 Å². The zero-order valence-corrected chi connectivity index (χ0v) is 12.8. The van der Waals surface area contributed by atoms with E-state index in [0.29, 0.717) is 0 Å². The van der Waals surface area contributed by atoms with Crippen LogP contribution < -0.4 is 5.32 Å². The third-order valence-electron chi connectivity index (χ3n) is 2.76. The second-order valence-electron chi connectivity index (χ2n) is 6.04. The number of rotatable bonds is 4. The molecule has 1 rings (SSSR count). The van der Waals surface area contributed by atoms with Crippen molar-refractivity contribution in [2.75, 3.05) is 0 Å². The number of ether oxygens (including phenoxy) is 1. The number of amides is 1. The fourth-order valence-electron chi connectivity index (χ4n) is 1.94. The van der Waals surface area contributed by atoms with E-state index in [2.05, 4.69) is 5.32 Å². The highest BCUT2D eigenvalue weighted by atomic mass is 16.6. The number of aldehydes is 1. The lowest BCUT2D eigenvalue weighted by Gasteiger charge is -2.23. The number of alkyl carbamates (subject to hydrolysis) is 1. The van der Waals surface area contributed by atoms with Gasteiger partial charge in [-0.3, -0.25) is 0 Å². The maximum Gasteiger partial charge on any atom is 0.408 e. The van der Waals surface area contributed by atoms with Crippen molar-refractivity contribution in [3.8, 4) is 0 Å². The van der Waals surface area contributed by atoms with Crippen LogP contribution in [-0.2, 0) is 9.53 Å². The summed E-state index contributed by atoms with van der Waals surface area (Å²) < 4.78 is 5.18. The van der Waals surface area contributed by atoms with Gasteiger partial charge in [-0.15, -0.1) is 0 Å². The van der Waals surface area contributed by atoms with Gasteiger partial charge in [0.15, 0.2) is 0 Å². The highest BCUT2D eigenvalue weighted by molar-refractivity contribution is 5.75. The number of hydrogen-bond donors (Lipinski definition) is 1. The zero-order chi connectivity index (χ0) is 15.3. The second kappa shape index (κ2) is 6.55. The Morgan fingerprint density at radius 1 is 1.20 bits per heavy atom. The molecule has 1 aromatic carbocycles. The quantitative estimate of drug-likeness (QED) is 0.856. The molecule has 0 heterocycles. The van der Waals surface area contributed by atoms with E-state index in [9.17, 15) is 9.59 Å². The Kier molecular flexibility index (Phi) is 5.31. The Morgan fingerprint density at radius 3 is 2.20 bits per heavy atom. The lowest BCUT2D eigenvalue weighted by molar-refractivity contribution is -0.109. The molecule has 1 unspecified atom stereocenters. The maximum atomic E-state index is 11.8. The number of benzene rings is 1. The molecule has 0 saturated carbocycles. The summed E-state index contributed by atoms with van der Waals surface area (Å²) in [7, 11) is 0. The molecule has 1 N–H and O–H groups in total. The normalized spacial score (nSPS) is 12.9. The van der Waals surface area contributed by atoms with Gasteiger partial charge < -0.3 is 14.8 Å². The van der Waals surface area contributed by atoms with E-state index >= 15 is 0 Å². The topological polar surface area (TPSA) is 55.4 Å². The van der Waals surface area contributed by atoms with E-state index < -0.39 is 17.7 Å². The van der Waals surface area contributed by atoms with Gasteiger partial charge in [-0.25, -0.2) is 4.79 Å². The third-order valence-corrected chi connectivity index (χ3v) is 2.76. The van der Waals surface area contributed by atoms with Gasteiger partial charge in [-0.1, -0.05) is 38.1 Å². The van der Waals surface area contributed by atoms with Crippen molar-refractivity contribution in [1.29, 1.82) is 0 Å². The minimum atomic E-state index is -0.691. The summed E-state index contributed by atoms with van der Waals surface area (Å²) in [6, 6.07) is 6.91. The Bertz CT molecular complexity index is 475. The van der Waals surface area contributed by atoms with Crippen LogP contribution in [0.5, 0.6) is 0 Å². The van der Waals surface area contributed by atoms with Crippen LogP contribution in [0.2, 0.25) is 0 Å². The van der Waals surface area contributed by atoms with Crippen molar-refractivity contribution >= 4 is 12.4 Å². The van der Waals surface area contributed by atoms with E-state index in [1.807, 2.05) is 38.1 Å². The summed E-state index contributed by atoms with van der Waals surface area (Å²) in [6.07, 6.45) is 0.138. The molecule has 110 valence electrons. The highest BCUT2D eigenvalue weighted by Crippen LogP contribution is 2.24. The van der Waals surface area contributed by atoms with Gasteiger partial charge in [0.2, 0.25) is 0 Å².